The van der Waals surface area contributed by atoms with Gasteiger partial charge in [0.05, 0.1) is 10.6 Å². The molecule has 110 valence electrons. The van der Waals surface area contributed by atoms with Crippen LogP contribution in [0, 0.1) is 0 Å². The van der Waals surface area contributed by atoms with E-state index in [1.165, 1.54) is 19.1 Å². The molecule has 1 heterocycles. The SMILES string of the molecule is CC(=O)Nc1ccc(S(=O)(=O)NC2CCNC2)cc1Br. The van der Waals surface area contributed by atoms with Crippen LogP contribution < -0.4 is 15.4 Å². The van der Waals surface area contributed by atoms with Crippen molar-refractivity contribution >= 4 is 37.5 Å². The fraction of sp³-hybridized carbons (Fsp3) is 0.417. The number of sulfonamides is 1. The molecule has 2 rings (SSSR count). The first-order valence-corrected chi connectivity index (χ1v) is 8.46. The molecule has 1 fully saturated rings. The Morgan fingerprint density at radius 2 is 2.20 bits per heavy atom. The predicted molar refractivity (Wildman–Crippen MR) is 80.0 cm³/mol. The first-order chi connectivity index (χ1) is 9.38. The van der Waals surface area contributed by atoms with Crippen molar-refractivity contribution in [1.82, 2.24) is 10.0 Å². The van der Waals surface area contributed by atoms with Gasteiger partial charge in [0.2, 0.25) is 15.9 Å². The standard InChI is InChI=1S/C12H16BrN3O3S/c1-8(17)15-12-3-2-10(6-11(12)13)20(18,19)16-9-4-5-14-7-9/h2-3,6,9,14,16H,4-5,7H2,1H3,(H,15,17). The van der Waals surface area contributed by atoms with E-state index in [9.17, 15) is 13.2 Å². The third kappa shape index (κ3) is 3.78. The molecule has 8 heteroatoms. The van der Waals surface area contributed by atoms with E-state index in [0.29, 0.717) is 16.7 Å². The van der Waals surface area contributed by atoms with Crippen LogP contribution in [0.15, 0.2) is 27.6 Å². The molecule has 3 N–H and O–H groups in total. The summed E-state index contributed by atoms with van der Waals surface area (Å²) in [6.07, 6.45) is 0.782. The average molecular weight is 362 g/mol. The van der Waals surface area contributed by atoms with Gasteiger partial charge in [0.1, 0.15) is 0 Å². The van der Waals surface area contributed by atoms with E-state index < -0.39 is 10.0 Å². The molecule has 1 aromatic rings. The Hall–Kier alpha value is -0.960. The molecule has 0 aliphatic carbocycles. The molecule has 0 bridgehead atoms. The van der Waals surface area contributed by atoms with Gasteiger partial charge in [-0.25, -0.2) is 13.1 Å². The van der Waals surface area contributed by atoms with Crippen molar-refractivity contribution in [3.63, 3.8) is 0 Å². The topological polar surface area (TPSA) is 87.3 Å². The maximum Gasteiger partial charge on any atom is 0.240 e. The predicted octanol–water partition coefficient (Wildman–Crippen LogP) is 1.05. The summed E-state index contributed by atoms with van der Waals surface area (Å²) in [5.41, 5.74) is 0.541. The summed E-state index contributed by atoms with van der Waals surface area (Å²) in [6, 6.07) is 4.44. The Morgan fingerprint density at radius 3 is 2.75 bits per heavy atom. The molecular formula is C12H16BrN3O3S. The Bertz CT molecular complexity index is 612. The molecule has 1 atom stereocenters. The summed E-state index contributed by atoms with van der Waals surface area (Å²) in [5.74, 6) is -0.212. The van der Waals surface area contributed by atoms with E-state index in [1.807, 2.05) is 0 Å². The molecule has 0 spiro atoms. The minimum absolute atomic E-state index is 0.0752. The van der Waals surface area contributed by atoms with Gasteiger partial charge in [0.15, 0.2) is 0 Å². The highest BCUT2D eigenvalue weighted by molar-refractivity contribution is 9.10. The van der Waals surface area contributed by atoms with E-state index in [0.717, 1.165) is 13.0 Å². The Kier molecular flexibility index (Phi) is 4.79. The summed E-state index contributed by atoms with van der Waals surface area (Å²) in [4.78, 5) is 11.2. The van der Waals surface area contributed by atoms with Crippen LogP contribution in [0.5, 0.6) is 0 Å². The van der Waals surface area contributed by atoms with Crippen molar-refractivity contribution in [3.05, 3.63) is 22.7 Å². The average Bonchev–Trinajstić information content (AvgIpc) is 2.83. The number of benzene rings is 1. The Balaban J connectivity index is 2.19. The third-order valence-corrected chi connectivity index (χ3v) is 5.12. The van der Waals surface area contributed by atoms with Gasteiger partial charge in [0, 0.05) is 24.0 Å². The molecule has 6 nitrogen and oxygen atoms in total. The lowest BCUT2D eigenvalue weighted by atomic mass is 10.3. The molecule has 0 aromatic heterocycles. The van der Waals surface area contributed by atoms with Crippen molar-refractivity contribution in [2.75, 3.05) is 18.4 Å². The molecule has 1 aromatic carbocycles. The van der Waals surface area contributed by atoms with Gasteiger partial charge in [-0.15, -0.1) is 0 Å². The fourth-order valence-corrected chi connectivity index (χ4v) is 3.92. The molecule has 1 aliphatic heterocycles. The molecule has 1 saturated heterocycles. The van der Waals surface area contributed by atoms with E-state index in [-0.39, 0.29) is 16.8 Å². The summed E-state index contributed by atoms with van der Waals surface area (Å²) in [5, 5.41) is 5.72. The largest absolute Gasteiger partial charge is 0.325 e. The third-order valence-electron chi connectivity index (χ3n) is 2.94. The number of hydrogen-bond donors (Lipinski definition) is 3. The zero-order valence-corrected chi connectivity index (χ0v) is 13.3. The van der Waals surface area contributed by atoms with Crippen LogP contribution in [0.25, 0.3) is 0 Å². The van der Waals surface area contributed by atoms with Crippen LogP contribution in [0.3, 0.4) is 0 Å². The number of carbonyl (C=O) groups excluding carboxylic acids is 1. The van der Waals surface area contributed by atoms with E-state index >= 15 is 0 Å². The summed E-state index contributed by atoms with van der Waals surface area (Å²) < 4.78 is 27.6. The second kappa shape index (κ2) is 6.21. The zero-order chi connectivity index (χ0) is 14.8. The highest BCUT2D eigenvalue weighted by Gasteiger charge is 2.23. The van der Waals surface area contributed by atoms with Crippen LogP contribution in [0.1, 0.15) is 13.3 Å². The number of hydrogen-bond acceptors (Lipinski definition) is 4. The number of nitrogens with one attached hydrogen (secondary N) is 3. The normalized spacial score (nSPS) is 19.0. The quantitative estimate of drug-likeness (QED) is 0.747. The monoisotopic (exact) mass is 361 g/mol. The Labute approximate surface area is 126 Å². The zero-order valence-electron chi connectivity index (χ0n) is 10.9. The second-order valence-corrected chi connectivity index (χ2v) is 7.20. The minimum Gasteiger partial charge on any atom is -0.325 e. The molecular weight excluding hydrogens is 346 g/mol. The van der Waals surface area contributed by atoms with Gasteiger partial charge in [-0.05, 0) is 47.1 Å². The molecule has 1 amide bonds. The lowest BCUT2D eigenvalue weighted by Gasteiger charge is -2.13. The molecule has 0 radical (unpaired) electrons. The van der Waals surface area contributed by atoms with Gasteiger partial charge in [-0.1, -0.05) is 0 Å². The highest BCUT2D eigenvalue weighted by Crippen LogP contribution is 2.26. The smallest absolute Gasteiger partial charge is 0.240 e. The maximum absolute atomic E-state index is 12.2. The summed E-state index contributed by atoms with van der Waals surface area (Å²) >= 11 is 3.26. The maximum atomic E-state index is 12.2. The summed E-state index contributed by atoms with van der Waals surface area (Å²) in [7, 11) is -3.54. The number of rotatable bonds is 4. The van der Waals surface area contributed by atoms with Gasteiger partial charge in [0.25, 0.3) is 0 Å². The van der Waals surface area contributed by atoms with Crippen molar-refractivity contribution < 1.29 is 13.2 Å². The molecule has 1 aliphatic rings. The number of halogens is 1. The van der Waals surface area contributed by atoms with Gasteiger partial charge in [-0.2, -0.15) is 0 Å². The van der Waals surface area contributed by atoms with Crippen LogP contribution in [-0.4, -0.2) is 33.5 Å². The molecule has 0 saturated carbocycles. The van der Waals surface area contributed by atoms with Gasteiger partial charge < -0.3 is 10.6 Å². The lowest BCUT2D eigenvalue weighted by Crippen LogP contribution is -2.36. The van der Waals surface area contributed by atoms with Crippen molar-refractivity contribution in [2.45, 2.75) is 24.3 Å². The van der Waals surface area contributed by atoms with Crippen molar-refractivity contribution in [2.24, 2.45) is 0 Å². The minimum atomic E-state index is -3.54. The van der Waals surface area contributed by atoms with Gasteiger partial charge >= 0.3 is 0 Å². The van der Waals surface area contributed by atoms with Crippen LogP contribution in [-0.2, 0) is 14.8 Å². The van der Waals surface area contributed by atoms with E-state index in [4.69, 9.17) is 0 Å². The lowest BCUT2D eigenvalue weighted by molar-refractivity contribution is -0.114. The summed E-state index contributed by atoms with van der Waals surface area (Å²) in [6.45, 7) is 2.86. The molecule has 1 unspecified atom stereocenters. The fourth-order valence-electron chi connectivity index (χ4n) is 2.00. The number of carbonyl (C=O) groups is 1. The first-order valence-electron chi connectivity index (χ1n) is 6.19. The Morgan fingerprint density at radius 1 is 1.45 bits per heavy atom. The number of anilines is 1. The van der Waals surface area contributed by atoms with Crippen LogP contribution in [0.2, 0.25) is 0 Å². The highest BCUT2D eigenvalue weighted by atomic mass is 79.9. The second-order valence-electron chi connectivity index (χ2n) is 4.63. The van der Waals surface area contributed by atoms with E-state index in [1.54, 1.807) is 6.07 Å². The van der Waals surface area contributed by atoms with Gasteiger partial charge in [-0.3, -0.25) is 4.79 Å². The molecule has 20 heavy (non-hydrogen) atoms. The van der Waals surface area contributed by atoms with Crippen molar-refractivity contribution in [3.8, 4) is 0 Å². The van der Waals surface area contributed by atoms with Crippen molar-refractivity contribution in [1.29, 1.82) is 0 Å². The van der Waals surface area contributed by atoms with Crippen LogP contribution >= 0.6 is 15.9 Å². The van der Waals surface area contributed by atoms with E-state index in [2.05, 4.69) is 31.3 Å². The van der Waals surface area contributed by atoms with Crippen LogP contribution in [0.4, 0.5) is 5.69 Å². The first kappa shape index (κ1) is 15.4. The number of amides is 1.